The lowest BCUT2D eigenvalue weighted by Gasteiger charge is -2.29. The van der Waals surface area contributed by atoms with Crippen LogP contribution in [-0.4, -0.2) is 104 Å². The number of morpholine rings is 2. The first-order chi connectivity index (χ1) is 16.7. The lowest BCUT2D eigenvalue weighted by Crippen LogP contribution is -2.41. The van der Waals surface area contributed by atoms with Crippen molar-refractivity contribution in [1.82, 2.24) is 25.0 Å². The first kappa shape index (κ1) is 25.1. The number of rotatable bonds is 11. The van der Waals surface area contributed by atoms with Gasteiger partial charge in [-0.05, 0) is 11.6 Å². The molecule has 0 spiro atoms. The quantitative estimate of drug-likeness (QED) is 0.509. The molecule has 1 amide bonds. The Hall–Kier alpha value is -2.01. The lowest BCUT2D eigenvalue weighted by molar-refractivity contribution is 0.0320. The van der Waals surface area contributed by atoms with Crippen molar-refractivity contribution in [2.45, 2.75) is 13.1 Å². The number of benzene rings is 1. The van der Waals surface area contributed by atoms with Crippen molar-refractivity contribution < 1.29 is 18.7 Å². The van der Waals surface area contributed by atoms with Gasteiger partial charge in [0.1, 0.15) is 6.26 Å². The molecule has 4 rings (SSSR count). The summed E-state index contributed by atoms with van der Waals surface area (Å²) in [5.74, 6) is 0.307. The molecule has 0 radical (unpaired) electrons. The predicted octanol–water partition coefficient (Wildman–Crippen LogP) is 1.72. The summed E-state index contributed by atoms with van der Waals surface area (Å²) in [5, 5.41) is 3.68. The first-order valence-corrected chi connectivity index (χ1v) is 12.3. The normalized spacial score (nSPS) is 17.8. The summed E-state index contributed by atoms with van der Waals surface area (Å²) in [6, 6.07) is 7.86. The van der Waals surface area contributed by atoms with Crippen LogP contribution in [-0.2, 0) is 22.6 Å². The van der Waals surface area contributed by atoms with Crippen LogP contribution in [0.25, 0.3) is 0 Å². The molecule has 2 saturated heterocycles. The highest BCUT2D eigenvalue weighted by atomic mass is 35.5. The van der Waals surface area contributed by atoms with Gasteiger partial charge in [0.15, 0.2) is 5.69 Å². The highest BCUT2D eigenvalue weighted by Crippen LogP contribution is 2.18. The Kier molecular flexibility index (Phi) is 9.73. The smallest absolute Gasteiger partial charge is 0.273 e. The number of hydrogen-bond acceptors (Lipinski definition) is 8. The molecule has 10 heteroatoms. The number of oxazole rings is 1. The average molecular weight is 492 g/mol. The molecule has 1 aromatic carbocycles. The molecule has 1 aromatic heterocycles. The Morgan fingerprint density at radius 1 is 1.00 bits per heavy atom. The number of carbonyl (C=O) groups is 1. The molecule has 34 heavy (non-hydrogen) atoms. The zero-order valence-electron chi connectivity index (χ0n) is 19.6. The van der Waals surface area contributed by atoms with Gasteiger partial charge >= 0.3 is 0 Å². The van der Waals surface area contributed by atoms with E-state index in [0.717, 1.165) is 82.8 Å². The van der Waals surface area contributed by atoms with E-state index in [4.69, 9.17) is 25.5 Å². The molecule has 2 aliphatic rings. The van der Waals surface area contributed by atoms with Crippen molar-refractivity contribution in [3.8, 4) is 0 Å². The monoisotopic (exact) mass is 491 g/mol. The topological polar surface area (TPSA) is 83.3 Å². The van der Waals surface area contributed by atoms with E-state index in [-0.39, 0.29) is 5.91 Å². The minimum atomic E-state index is -0.214. The van der Waals surface area contributed by atoms with Gasteiger partial charge < -0.3 is 19.2 Å². The molecule has 0 atom stereocenters. The molecular weight excluding hydrogens is 458 g/mol. The molecule has 3 heterocycles. The van der Waals surface area contributed by atoms with E-state index < -0.39 is 0 Å². The van der Waals surface area contributed by atoms with E-state index in [1.807, 2.05) is 24.3 Å². The second kappa shape index (κ2) is 13.2. The van der Waals surface area contributed by atoms with Crippen LogP contribution in [0.4, 0.5) is 0 Å². The van der Waals surface area contributed by atoms with Crippen molar-refractivity contribution in [3.63, 3.8) is 0 Å². The summed E-state index contributed by atoms with van der Waals surface area (Å²) in [6.07, 6.45) is 1.44. The second-order valence-electron chi connectivity index (χ2n) is 8.59. The SMILES string of the molecule is O=C(NCCN1CCOCC1)c1coc(CN(CCN2CCOCC2)Cc2ccccc2Cl)n1. The summed E-state index contributed by atoms with van der Waals surface area (Å²) in [5.41, 5.74) is 1.36. The fraction of sp³-hybridized carbons (Fsp3) is 0.583. The molecule has 1 N–H and O–H groups in total. The Bertz CT molecular complexity index is 899. The first-order valence-electron chi connectivity index (χ1n) is 12.0. The molecule has 0 saturated carbocycles. The van der Waals surface area contributed by atoms with Crippen LogP contribution in [0.5, 0.6) is 0 Å². The van der Waals surface area contributed by atoms with Gasteiger partial charge in [-0.25, -0.2) is 4.98 Å². The van der Waals surface area contributed by atoms with Crippen LogP contribution in [0.15, 0.2) is 34.9 Å². The van der Waals surface area contributed by atoms with E-state index in [9.17, 15) is 4.79 Å². The summed E-state index contributed by atoms with van der Waals surface area (Å²) >= 11 is 6.41. The number of carbonyl (C=O) groups excluding carboxylic acids is 1. The maximum atomic E-state index is 12.5. The third-order valence-corrected chi connectivity index (χ3v) is 6.52. The number of aromatic nitrogens is 1. The van der Waals surface area contributed by atoms with Crippen molar-refractivity contribution in [1.29, 1.82) is 0 Å². The largest absolute Gasteiger partial charge is 0.447 e. The van der Waals surface area contributed by atoms with E-state index in [0.29, 0.717) is 31.2 Å². The standard InChI is InChI=1S/C24H34ClN5O4/c25-21-4-2-1-3-20(21)17-30(8-7-29-11-15-33-16-12-29)18-23-27-22(19-34-23)24(31)26-5-6-28-9-13-32-14-10-28/h1-4,19H,5-18H2,(H,26,31). The van der Waals surface area contributed by atoms with E-state index in [1.54, 1.807) is 0 Å². The molecule has 2 fully saturated rings. The van der Waals surface area contributed by atoms with Crippen LogP contribution in [0.1, 0.15) is 21.9 Å². The minimum Gasteiger partial charge on any atom is -0.447 e. The van der Waals surface area contributed by atoms with Crippen LogP contribution in [0, 0.1) is 0 Å². The number of nitrogens with zero attached hydrogens (tertiary/aromatic N) is 4. The predicted molar refractivity (Wildman–Crippen MR) is 129 cm³/mol. The third-order valence-electron chi connectivity index (χ3n) is 6.15. The van der Waals surface area contributed by atoms with E-state index in [2.05, 4.69) is 25.0 Å². The Labute approximate surface area is 205 Å². The minimum absolute atomic E-state index is 0.214. The molecule has 9 nitrogen and oxygen atoms in total. The Morgan fingerprint density at radius 2 is 1.68 bits per heavy atom. The summed E-state index contributed by atoms with van der Waals surface area (Å²) in [7, 11) is 0. The van der Waals surface area contributed by atoms with E-state index >= 15 is 0 Å². The highest BCUT2D eigenvalue weighted by Gasteiger charge is 2.18. The summed E-state index contributed by atoms with van der Waals surface area (Å²) < 4.78 is 16.5. The van der Waals surface area contributed by atoms with Crippen molar-refractivity contribution in [2.24, 2.45) is 0 Å². The van der Waals surface area contributed by atoms with Crippen LogP contribution in [0.3, 0.4) is 0 Å². The molecule has 186 valence electrons. The van der Waals surface area contributed by atoms with Gasteiger partial charge in [-0.1, -0.05) is 29.8 Å². The van der Waals surface area contributed by atoms with Crippen molar-refractivity contribution in [2.75, 3.05) is 78.8 Å². The van der Waals surface area contributed by atoms with Gasteiger partial charge in [-0.15, -0.1) is 0 Å². The van der Waals surface area contributed by atoms with Gasteiger partial charge in [0.25, 0.3) is 5.91 Å². The molecule has 0 bridgehead atoms. The fourth-order valence-electron chi connectivity index (χ4n) is 4.11. The van der Waals surface area contributed by atoms with Crippen LogP contribution < -0.4 is 5.32 Å². The van der Waals surface area contributed by atoms with Crippen LogP contribution >= 0.6 is 11.6 Å². The number of hydrogen-bond donors (Lipinski definition) is 1. The molecule has 2 aromatic rings. The van der Waals surface area contributed by atoms with Crippen LogP contribution in [0.2, 0.25) is 5.02 Å². The zero-order valence-corrected chi connectivity index (χ0v) is 20.3. The molecular formula is C24H34ClN5O4. The summed E-state index contributed by atoms with van der Waals surface area (Å²) in [6.45, 7) is 11.0. The van der Waals surface area contributed by atoms with Crippen molar-refractivity contribution >= 4 is 17.5 Å². The maximum absolute atomic E-state index is 12.5. The average Bonchev–Trinajstić information content (AvgIpc) is 3.34. The lowest BCUT2D eigenvalue weighted by atomic mass is 10.2. The number of amides is 1. The summed E-state index contributed by atoms with van der Waals surface area (Å²) in [4.78, 5) is 23.9. The second-order valence-corrected chi connectivity index (χ2v) is 9.00. The highest BCUT2D eigenvalue weighted by molar-refractivity contribution is 6.31. The molecule has 2 aliphatic heterocycles. The number of halogens is 1. The Balaban J connectivity index is 1.31. The van der Waals surface area contributed by atoms with Gasteiger partial charge in [0.05, 0.1) is 33.0 Å². The number of ether oxygens (including phenoxy) is 2. The molecule has 0 aliphatic carbocycles. The van der Waals surface area contributed by atoms with E-state index in [1.165, 1.54) is 6.26 Å². The fourth-order valence-corrected chi connectivity index (χ4v) is 4.31. The van der Waals surface area contributed by atoms with Gasteiger partial charge in [0, 0.05) is 63.9 Å². The maximum Gasteiger partial charge on any atom is 0.273 e. The Morgan fingerprint density at radius 3 is 2.38 bits per heavy atom. The zero-order chi connectivity index (χ0) is 23.6. The third kappa shape index (κ3) is 7.76. The molecule has 0 unspecified atom stereocenters. The number of nitrogens with one attached hydrogen (secondary N) is 1. The van der Waals surface area contributed by atoms with Gasteiger partial charge in [-0.3, -0.25) is 19.5 Å². The van der Waals surface area contributed by atoms with Gasteiger partial charge in [-0.2, -0.15) is 0 Å². The van der Waals surface area contributed by atoms with Crippen molar-refractivity contribution in [3.05, 3.63) is 52.7 Å². The van der Waals surface area contributed by atoms with Gasteiger partial charge in [0.2, 0.25) is 5.89 Å².